The Morgan fingerprint density at radius 1 is 1.64 bits per heavy atom. The van der Waals surface area contributed by atoms with Crippen LogP contribution < -0.4 is 5.32 Å². The summed E-state index contributed by atoms with van der Waals surface area (Å²) in [5.41, 5.74) is -0.114. The van der Waals surface area contributed by atoms with E-state index in [1.54, 1.807) is 6.92 Å². The third-order valence-corrected chi connectivity index (χ3v) is 2.33. The third kappa shape index (κ3) is 2.45. The first kappa shape index (κ1) is 11.5. The lowest BCUT2D eigenvalue weighted by atomic mass is 10.2. The van der Waals surface area contributed by atoms with E-state index >= 15 is 0 Å². The molecular formula is C9H8BrClFNO. The summed E-state index contributed by atoms with van der Waals surface area (Å²) < 4.78 is 13.8. The molecule has 0 heterocycles. The number of carbonyl (C=O) groups is 1. The zero-order valence-corrected chi connectivity index (χ0v) is 9.75. The van der Waals surface area contributed by atoms with E-state index in [0.717, 1.165) is 0 Å². The van der Waals surface area contributed by atoms with Crippen LogP contribution in [0.2, 0.25) is 5.02 Å². The molecule has 5 heteroatoms. The average molecular weight is 281 g/mol. The van der Waals surface area contributed by atoms with E-state index in [4.69, 9.17) is 11.6 Å². The lowest BCUT2D eigenvalue weighted by Gasteiger charge is -2.06. The Morgan fingerprint density at radius 2 is 2.29 bits per heavy atom. The monoisotopic (exact) mass is 279 g/mol. The van der Waals surface area contributed by atoms with Gasteiger partial charge >= 0.3 is 0 Å². The quantitative estimate of drug-likeness (QED) is 0.886. The summed E-state index contributed by atoms with van der Waals surface area (Å²) in [6.07, 6.45) is 0. The molecule has 0 saturated carbocycles. The normalized spacial score (nSPS) is 10.0. The molecule has 0 aliphatic rings. The second kappa shape index (κ2) is 4.75. The lowest BCUT2D eigenvalue weighted by molar-refractivity contribution is 0.0952. The van der Waals surface area contributed by atoms with Gasteiger partial charge in [0.05, 0.1) is 10.6 Å². The number of halogens is 3. The Kier molecular flexibility index (Phi) is 3.89. The number of nitrogens with one attached hydrogen (secondary N) is 1. The minimum Gasteiger partial charge on any atom is -0.352 e. The highest BCUT2D eigenvalue weighted by atomic mass is 79.9. The molecule has 1 amide bonds. The summed E-state index contributed by atoms with van der Waals surface area (Å²) in [4.78, 5) is 11.3. The first-order chi connectivity index (χ1) is 6.56. The van der Waals surface area contributed by atoms with Crippen molar-refractivity contribution in [3.8, 4) is 0 Å². The predicted octanol–water partition coefficient (Wildman–Crippen LogP) is 2.99. The molecule has 1 aromatic carbocycles. The van der Waals surface area contributed by atoms with Gasteiger partial charge in [-0.25, -0.2) is 4.39 Å². The summed E-state index contributed by atoms with van der Waals surface area (Å²) in [5, 5.41) is 2.58. The number of rotatable bonds is 2. The van der Waals surface area contributed by atoms with Crippen LogP contribution in [-0.2, 0) is 0 Å². The number of amides is 1. The summed E-state index contributed by atoms with van der Waals surface area (Å²) in [6.45, 7) is 2.19. The molecule has 1 rings (SSSR count). The van der Waals surface area contributed by atoms with Crippen molar-refractivity contribution in [2.24, 2.45) is 0 Å². The molecule has 0 aliphatic heterocycles. The summed E-state index contributed by atoms with van der Waals surface area (Å²) in [7, 11) is 0. The van der Waals surface area contributed by atoms with Crippen LogP contribution in [0, 0.1) is 5.82 Å². The van der Waals surface area contributed by atoms with E-state index < -0.39 is 11.7 Å². The van der Waals surface area contributed by atoms with E-state index in [1.807, 2.05) is 0 Å². The van der Waals surface area contributed by atoms with E-state index in [0.29, 0.717) is 11.0 Å². The topological polar surface area (TPSA) is 29.1 Å². The molecule has 0 saturated heterocycles. The van der Waals surface area contributed by atoms with Crippen LogP contribution in [0.5, 0.6) is 0 Å². The van der Waals surface area contributed by atoms with Gasteiger partial charge in [0.1, 0.15) is 5.82 Å². The van der Waals surface area contributed by atoms with Crippen LogP contribution in [-0.4, -0.2) is 12.5 Å². The van der Waals surface area contributed by atoms with E-state index in [9.17, 15) is 9.18 Å². The molecule has 0 bridgehead atoms. The van der Waals surface area contributed by atoms with Gasteiger partial charge in [0.2, 0.25) is 0 Å². The molecule has 0 spiro atoms. The average Bonchev–Trinajstić information content (AvgIpc) is 2.01. The molecule has 0 aliphatic carbocycles. The summed E-state index contributed by atoms with van der Waals surface area (Å²) in [6, 6.07) is 2.69. The van der Waals surface area contributed by atoms with Crippen LogP contribution in [0.1, 0.15) is 17.3 Å². The van der Waals surface area contributed by atoms with Crippen molar-refractivity contribution in [3.05, 3.63) is 33.0 Å². The van der Waals surface area contributed by atoms with Gasteiger partial charge in [0.25, 0.3) is 5.91 Å². The number of carbonyl (C=O) groups excluding carboxylic acids is 1. The second-order valence-corrected chi connectivity index (χ2v) is 3.93. The molecule has 0 aromatic heterocycles. The van der Waals surface area contributed by atoms with Crippen LogP contribution in [0.3, 0.4) is 0 Å². The van der Waals surface area contributed by atoms with Crippen molar-refractivity contribution in [2.75, 3.05) is 6.54 Å². The third-order valence-electron chi connectivity index (χ3n) is 1.57. The molecule has 0 radical (unpaired) electrons. The Balaban J connectivity index is 3.14. The molecule has 0 unspecified atom stereocenters. The highest BCUT2D eigenvalue weighted by Gasteiger charge is 2.15. The second-order valence-electron chi connectivity index (χ2n) is 2.60. The molecular weight excluding hydrogens is 272 g/mol. The van der Waals surface area contributed by atoms with E-state index in [1.165, 1.54) is 12.1 Å². The minimum atomic E-state index is -0.629. The highest BCUT2D eigenvalue weighted by Crippen LogP contribution is 2.24. The van der Waals surface area contributed by atoms with Crippen molar-refractivity contribution >= 4 is 33.4 Å². The van der Waals surface area contributed by atoms with Gasteiger partial charge in [-0.3, -0.25) is 4.79 Å². The van der Waals surface area contributed by atoms with E-state index in [-0.39, 0.29) is 10.6 Å². The van der Waals surface area contributed by atoms with Gasteiger partial charge in [-0.15, -0.1) is 0 Å². The van der Waals surface area contributed by atoms with Crippen LogP contribution in [0.25, 0.3) is 0 Å². The lowest BCUT2D eigenvalue weighted by Crippen LogP contribution is -2.24. The molecule has 1 aromatic rings. The van der Waals surface area contributed by atoms with Crippen molar-refractivity contribution in [1.82, 2.24) is 5.32 Å². The molecule has 76 valence electrons. The first-order valence-electron chi connectivity index (χ1n) is 3.99. The number of benzene rings is 1. The Bertz CT molecular complexity index is 347. The zero-order valence-electron chi connectivity index (χ0n) is 7.40. The number of hydrogen-bond acceptors (Lipinski definition) is 1. The van der Waals surface area contributed by atoms with Gasteiger partial charge in [0.15, 0.2) is 0 Å². The van der Waals surface area contributed by atoms with Gasteiger partial charge < -0.3 is 5.32 Å². The number of hydrogen-bond donors (Lipinski definition) is 1. The van der Waals surface area contributed by atoms with E-state index in [2.05, 4.69) is 21.2 Å². The maximum atomic E-state index is 13.3. The largest absolute Gasteiger partial charge is 0.352 e. The zero-order chi connectivity index (χ0) is 10.7. The summed E-state index contributed by atoms with van der Waals surface area (Å²) in [5.74, 6) is -1.13. The molecule has 1 N–H and O–H groups in total. The van der Waals surface area contributed by atoms with Crippen molar-refractivity contribution in [2.45, 2.75) is 6.92 Å². The molecule has 14 heavy (non-hydrogen) atoms. The molecule has 2 nitrogen and oxygen atoms in total. The van der Waals surface area contributed by atoms with Crippen LogP contribution >= 0.6 is 27.5 Å². The SMILES string of the molecule is CCNC(=O)c1c(F)cc(Br)cc1Cl. The van der Waals surface area contributed by atoms with Crippen LogP contribution in [0.4, 0.5) is 4.39 Å². The molecule has 0 atom stereocenters. The standard InChI is InChI=1S/C9H8BrClFNO/c1-2-13-9(14)8-6(11)3-5(10)4-7(8)12/h3-4H,2H2,1H3,(H,13,14). The Morgan fingerprint density at radius 3 is 2.79 bits per heavy atom. The summed E-state index contributed by atoms with van der Waals surface area (Å²) >= 11 is 8.81. The fourth-order valence-electron chi connectivity index (χ4n) is 1.01. The van der Waals surface area contributed by atoms with Crippen molar-refractivity contribution in [3.63, 3.8) is 0 Å². The Labute approximate surface area is 94.6 Å². The smallest absolute Gasteiger partial charge is 0.255 e. The van der Waals surface area contributed by atoms with Gasteiger partial charge in [-0.05, 0) is 19.1 Å². The van der Waals surface area contributed by atoms with Gasteiger partial charge in [-0.1, -0.05) is 27.5 Å². The highest BCUT2D eigenvalue weighted by molar-refractivity contribution is 9.10. The maximum absolute atomic E-state index is 13.3. The molecule has 0 fully saturated rings. The first-order valence-corrected chi connectivity index (χ1v) is 5.16. The predicted molar refractivity (Wildman–Crippen MR) is 57.1 cm³/mol. The van der Waals surface area contributed by atoms with Crippen LogP contribution in [0.15, 0.2) is 16.6 Å². The van der Waals surface area contributed by atoms with Crippen molar-refractivity contribution in [1.29, 1.82) is 0 Å². The van der Waals surface area contributed by atoms with Gasteiger partial charge in [0, 0.05) is 11.0 Å². The Hall–Kier alpha value is -0.610. The minimum absolute atomic E-state index is 0.0998. The maximum Gasteiger partial charge on any atom is 0.255 e. The fraction of sp³-hybridized carbons (Fsp3) is 0.222. The van der Waals surface area contributed by atoms with Crippen molar-refractivity contribution < 1.29 is 9.18 Å². The van der Waals surface area contributed by atoms with Gasteiger partial charge in [-0.2, -0.15) is 0 Å². The fourth-order valence-corrected chi connectivity index (χ4v) is 1.86.